The molecule has 4 rings (SSSR count). The van der Waals surface area contributed by atoms with Crippen molar-refractivity contribution in [3.63, 3.8) is 0 Å². The number of hydrogen-bond donors (Lipinski definition) is 0. The van der Waals surface area contributed by atoms with Gasteiger partial charge in [0.15, 0.2) is 0 Å². The number of hydrogen-bond acceptors (Lipinski definition) is 4. The number of rotatable bonds is 2. The van der Waals surface area contributed by atoms with Gasteiger partial charge in [-0.3, -0.25) is 9.69 Å². The molecule has 27 heavy (non-hydrogen) atoms. The normalized spacial score (nSPS) is 19.7. The molecule has 0 saturated carbocycles. The van der Waals surface area contributed by atoms with Gasteiger partial charge in [-0.15, -0.1) is 0 Å². The molecule has 1 atom stereocenters. The Morgan fingerprint density at radius 3 is 2.30 bits per heavy atom. The lowest BCUT2D eigenvalue weighted by atomic mass is 9.86. The first-order valence-corrected chi connectivity index (χ1v) is 9.39. The summed E-state index contributed by atoms with van der Waals surface area (Å²) in [6.45, 7) is 0.314. The smallest absolute Gasteiger partial charge is 0.229 e. The van der Waals surface area contributed by atoms with Crippen molar-refractivity contribution in [3.8, 4) is 6.07 Å². The molecular weight excluding hydrogens is 368 g/mol. The molecule has 0 aromatic heterocycles. The zero-order valence-corrected chi connectivity index (χ0v) is 15.0. The van der Waals surface area contributed by atoms with Gasteiger partial charge in [0.05, 0.1) is 29.2 Å². The first-order chi connectivity index (χ1) is 13.1. The van der Waals surface area contributed by atoms with Crippen LogP contribution in [-0.2, 0) is 4.79 Å². The summed E-state index contributed by atoms with van der Waals surface area (Å²) in [6.07, 6.45) is 0.163. The van der Waals surface area contributed by atoms with Crippen LogP contribution in [-0.4, -0.2) is 23.4 Å². The second kappa shape index (κ2) is 7.05. The van der Waals surface area contributed by atoms with Crippen molar-refractivity contribution in [3.05, 3.63) is 76.3 Å². The van der Waals surface area contributed by atoms with E-state index < -0.39 is 0 Å². The topological polar surface area (TPSA) is 47.3 Å². The van der Waals surface area contributed by atoms with Crippen LogP contribution in [0.15, 0.2) is 59.1 Å². The standard InChI is InChI=1S/C20H15F2N3OS/c21-14-3-1-13(2-4-14)17-9-19(26)25-11-24(12-27-20(25)18(17)10-23)16-7-5-15(22)6-8-16/h1-8,17H,9,11-12H2. The molecule has 0 radical (unpaired) electrons. The van der Waals surface area contributed by atoms with E-state index in [1.165, 1.54) is 36.0 Å². The minimum Gasteiger partial charge on any atom is -0.344 e. The number of carbonyl (C=O) groups excluding carboxylic acids is 1. The van der Waals surface area contributed by atoms with Gasteiger partial charge in [-0.2, -0.15) is 5.26 Å². The first kappa shape index (κ1) is 17.6. The number of amides is 1. The van der Waals surface area contributed by atoms with Crippen molar-refractivity contribution < 1.29 is 13.6 Å². The minimum absolute atomic E-state index is 0.0855. The third-order valence-corrected chi connectivity index (χ3v) is 5.91. The second-order valence-corrected chi connectivity index (χ2v) is 7.33. The molecule has 136 valence electrons. The van der Waals surface area contributed by atoms with Crippen molar-refractivity contribution >= 4 is 23.4 Å². The molecule has 2 aliphatic rings. The highest BCUT2D eigenvalue weighted by molar-refractivity contribution is 8.03. The summed E-state index contributed by atoms with van der Waals surface area (Å²) in [4.78, 5) is 16.3. The molecule has 2 aliphatic heterocycles. The van der Waals surface area contributed by atoms with Crippen LogP contribution in [0.2, 0.25) is 0 Å². The summed E-state index contributed by atoms with van der Waals surface area (Å²) in [5.41, 5.74) is 2.11. The van der Waals surface area contributed by atoms with Crippen molar-refractivity contribution in [1.82, 2.24) is 4.90 Å². The maximum Gasteiger partial charge on any atom is 0.229 e. The predicted molar refractivity (Wildman–Crippen MR) is 99.4 cm³/mol. The lowest BCUT2D eigenvalue weighted by Crippen LogP contribution is -2.47. The summed E-state index contributed by atoms with van der Waals surface area (Å²) in [7, 11) is 0. The second-order valence-electron chi connectivity index (χ2n) is 6.39. The molecule has 2 aromatic carbocycles. The van der Waals surface area contributed by atoms with Gasteiger partial charge in [0.2, 0.25) is 5.91 Å². The largest absolute Gasteiger partial charge is 0.344 e. The Hall–Kier alpha value is -2.85. The Balaban J connectivity index is 1.65. The van der Waals surface area contributed by atoms with Crippen LogP contribution >= 0.6 is 11.8 Å². The van der Waals surface area contributed by atoms with Crippen LogP contribution in [0, 0.1) is 23.0 Å². The van der Waals surface area contributed by atoms with Crippen LogP contribution in [0.3, 0.4) is 0 Å². The number of nitrogens with zero attached hydrogens (tertiary/aromatic N) is 3. The van der Waals surface area contributed by atoms with E-state index in [1.54, 1.807) is 29.2 Å². The zero-order valence-electron chi connectivity index (χ0n) is 14.2. The summed E-state index contributed by atoms with van der Waals surface area (Å²) in [6, 6.07) is 14.3. The molecule has 2 aromatic rings. The van der Waals surface area contributed by atoms with E-state index in [0.717, 1.165) is 11.3 Å². The number of carbonyl (C=O) groups is 1. The Bertz CT molecular complexity index is 951. The predicted octanol–water partition coefficient (Wildman–Crippen LogP) is 4.18. The molecule has 1 fully saturated rings. The van der Waals surface area contributed by atoms with Crippen LogP contribution in [0.1, 0.15) is 17.9 Å². The zero-order chi connectivity index (χ0) is 19.0. The molecule has 1 unspecified atom stereocenters. The van der Waals surface area contributed by atoms with Crippen LogP contribution in [0.25, 0.3) is 0 Å². The number of allylic oxidation sites excluding steroid dienone is 1. The fraction of sp³-hybridized carbons (Fsp3) is 0.200. The number of halogens is 2. The van der Waals surface area contributed by atoms with Crippen LogP contribution in [0.5, 0.6) is 0 Å². The van der Waals surface area contributed by atoms with E-state index in [0.29, 0.717) is 23.1 Å². The summed E-state index contributed by atoms with van der Waals surface area (Å²) in [5.74, 6) is -0.564. The average Bonchev–Trinajstić information content (AvgIpc) is 2.69. The summed E-state index contributed by atoms with van der Waals surface area (Å²) >= 11 is 1.41. The van der Waals surface area contributed by atoms with Gasteiger partial charge in [-0.1, -0.05) is 23.9 Å². The molecule has 0 bridgehead atoms. The third kappa shape index (κ3) is 3.28. The van der Waals surface area contributed by atoms with Gasteiger partial charge < -0.3 is 4.90 Å². The molecule has 1 saturated heterocycles. The van der Waals surface area contributed by atoms with E-state index in [4.69, 9.17) is 0 Å². The number of fused-ring (bicyclic) bond motifs is 1. The van der Waals surface area contributed by atoms with Gasteiger partial charge in [0.25, 0.3) is 0 Å². The summed E-state index contributed by atoms with van der Waals surface area (Å²) < 4.78 is 26.4. The van der Waals surface area contributed by atoms with Gasteiger partial charge >= 0.3 is 0 Å². The van der Waals surface area contributed by atoms with Gasteiger partial charge in [0.1, 0.15) is 11.6 Å². The molecule has 7 heteroatoms. The molecule has 0 spiro atoms. The minimum atomic E-state index is -0.362. The average molecular weight is 383 g/mol. The van der Waals surface area contributed by atoms with Gasteiger partial charge in [0, 0.05) is 18.0 Å². The Morgan fingerprint density at radius 2 is 1.67 bits per heavy atom. The molecule has 2 heterocycles. The SMILES string of the molecule is N#CC1=C2SCN(c3ccc(F)cc3)CN2C(=O)CC1c1ccc(F)cc1. The first-order valence-electron chi connectivity index (χ1n) is 8.40. The van der Waals surface area contributed by atoms with Crippen molar-refractivity contribution in [2.45, 2.75) is 12.3 Å². The Labute approximate surface area is 159 Å². The van der Waals surface area contributed by atoms with Crippen molar-refractivity contribution in [2.75, 3.05) is 17.4 Å². The van der Waals surface area contributed by atoms with Gasteiger partial charge in [-0.25, -0.2) is 8.78 Å². The Morgan fingerprint density at radius 1 is 1.04 bits per heavy atom. The van der Waals surface area contributed by atoms with E-state index >= 15 is 0 Å². The number of anilines is 1. The monoisotopic (exact) mass is 383 g/mol. The molecule has 1 amide bonds. The van der Waals surface area contributed by atoms with E-state index in [2.05, 4.69) is 6.07 Å². The highest BCUT2D eigenvalue weighted by Crippen LogP contribution is 2.43. The molecule has 0 aliphatic carbocycles. The fourth-order valence-corrected chi connectivity index (χ4v) is 4.53. The van der Waals surface area contributed by atoms with Crippen LogP contribution < -0.4 is 4.90 Å². The van der Waals surface area contributed by atoms with Crippen molar-refractivity contribution in [2.24, 2.45) is 0 Å². The number of benzene rings is 2. The molecule has 4 nitrogen and oxygen atoms in total. The molecular formula is C20H15F2N3OS. The van der Waals surface area contributed by atoms with E-state index in [-0.39, 0.29) is 29.9 Å². The highest BCUT2D eigenvalue weighted by atomic mass is 32.2. The van der Waals surface area contributed by atoms with Gasteiger partial charge in [-0.05, 0) is 42.0 Å². The molecule has 0 N–H and O–H groups in total. The number of thioether (sulfide) groups is 1. The maximum atomic E-state index is 13.2. The lowest BCUT2D eigenvalue weighted by Gasteiger charge is -2.42. The number of nitriles is 1. The van der Waals surface area contributed by atoms with Crippen molar-refractivity contribution in [1.29, 1.82) is 5.26 Å². The Kier molecular flexibility index (Phi) is 4.58. The maximum absolute atomic E-state index is 13.2. The van der Waals surface area contributed by atoms with E-state index in [9.17, 15) is 18.8 Å². The highest BCUT2D eigenvalue weighted by Gasteiger charge is 2.38. The fourth-order valence-electron chi connectivity index (χ4n) is 3.36. The summed E-state index contributed by atoms with van der Waals surface area (Å²) in [5, 5.41) is 10.4. The lowest BCUT2D eigenvalue weighted by molar-refractivity contribution is -0.129. The third-order valence-electron chi connectivity index (χ3n) is 4.76. The quantitative estimate of drug-likeness (QED) is 0.780. The van der Waals surface area contributed by atoms with Crippen LogP contribution in [0.4, 0.5) is 14.5 Å². The van der Waals surface area contributed by atoms with E-state index in [1.807, 2.05) is 4.90 Å².